The zero-order valence-electron chi connectivity index (χ0n) is 9.11. The molecule has 1 aliphatic rings. The van der Waals surface area contributed by atoms with Gasteiger partial charge in [-0.2, -0.15) is 0 Å². The Morgan fingerprint density at radius 3 is 2.62 bits per heavy atom. The van der Waals surface area contributed by atoms with E-state index in [1.807, 2.05) is 24.3 Å². The van der Waals surface area contributed by atoms with Crippen LogP contribution in [0, 0.1) is 0 Å². The fraction of sp³-hybridized carbons (Fsp3) is 0.286. The highest BCUT2D eigenvalue weighted by molar-refractivity contribution is 5.88. The first-order valence-corrected chi connectivity index (χ1v) is 5.70. The monoisotopic (exact) mass is 213 g/mol. The number of hydrogen-bond donors (Lipinski definition) is 2. The highest BCUT2D eigenvalue weighted by Gasteiger charge is 2.34. The molecule has 2 aromatic carbocycles. The van der Waals surface area contributed by atoms with Crippen molar-refractivity contribution < 1.29 is 5.11 Å². The Balaban J connectivity index is 2.16. The van der Waals surface area contributed by atoms with Gasteiger partial charge in [0, 0.05) is 10.9 Å². The molecule has 0 aromatic heterocycles. The molecule has 1 fully saturated rings. The van der Waals surface area contributed by atoms with E-state index in [2.05, 4.69) is 6.07 Å². The van der Waals surface area contributed by atoms with Gasteiger partial charge >= 0.3 is 0 Å². The van der Waals surface area contributed by atoms with Crippen LogP contribution >= 0.6 is 0 Å². The van der Waals surface area contributed by atoms with E-state index in [0.29, 0.717) is 5.75 Å². The molecule has 3 rings (SSSR count). The summed E-state index contributed by atoms with van der Waals surface area (Å²) in [6.45, 7) is 0. The summed E-state index contributed by atoms with van der Waals surface area (Å²) in [5.74, 6) is 0.337. The van der Waals surface area contributed by atoms with Gasteiger partial charge in [0.1, 0.15) is 5.75 Å². The zero-order valence-corrected chi connectivity index (χ0v) is 9.11. The van der Waals surface area contributed by atoms with Crippen molar-refractivity contribution in [1.82, 2.24) is 0 Å². The lowest BCUT2D eigenvalue weighted by Gasteiger charge is -2.38. The highest BCUT2D eigenvalue weighted by Crippen LogP contribution is 2.40. The summed E-state index contributed by atoms with van der Waals surface area (Å²) in [5.41, 5.74) is 7.36. The van der Waals surface area contributed by atoms with Crippen LogP contribution in [-0.2, 0) is 5.54 Å². The summed E-state index contributed by atoms with van der Waals surface area (Å²) in [4.78, 5) is 0. The summed E-state index contributed by atoms with van der Waals surface area (Å²) in [6.07, 6.45) is 3.35. The topological polar surface area (TPSA) is 46.2 Å². The van der Waals surface area contributed by atoms with Crippen molar-refractivity contribution in [2.45, 2.75) is 24.8 Å². The van der Waals surface area contributed by atoms with Crippen LogP contribution in [0.5, 0.6) is 5.75 Å². The molecule has 1 aliphatic carbocycles. The normalized spacial score (nSPS) is 18.3. The summed E-state index contributed by atoms with van der Waals surface area (Å²) in [6, 6.07) is 11.7. The van der Waals surface area contributed by atoms with Gasteiger partial charge in [-0.15, -0.1) is 0 Å². The lowest BCUT2D eigenvalue weighted by atomic mass is 9.72. The van der Waals surface area contributed by atoms with Crippen molar-refractivity contribution in [1.29, 1.82) is 0 Å². The first-order valence-electron chi connectivity index (χ1n) is 5.70. The smallest absolute Gasteiger partial charge is 0.123 e. The van der Waals surface area contributed by atoms with Crippen molar-refractivity contribution >= 4 is 10.8 Å². The maximum absolute atomic E-state index is 9.70. The van der Waals surface area contributed by atoms with E-state index >= 15 is 0 Å². The van der Waals surface area contributed by atoms with Crippen LogP contribution in [0.1, 0.15) is 24.8 Å². The number of phenolic OH excluding ortho intramolecular Hbond substituents is 1. The summed E-state index contributed by atoms with van der Waals surface area (Å²) < 4.78 is 0. The molecule has 0 amide bonds. The third-order valence-electron chi connectivity index (χ3n) is 3.68. The molecule has 0 aliphatic heterocycles. The summed E-state index contributed by atoms with van der Waals surface area (Å²) >= 11 is 0. The number of rotatable bonds is 1. The van der Waals surface area contributed by atoms with Gasteiger partial charge in [0.25, 0.3) is 0 Å². The van der Waals surface area contributed by atoms with Crippen LogP contribution in [0.4, 0.5) is 0 Å². The lowest BCUT2D eigenvalue weighted by molar-refractivity contribution is 0.254. The molecule has 82 valence electrons. The predicted octanol–water partition coefficient (Wildman–Crippen LogP) is 2.88. The summed E-state index contributed by atoms with van der Waals surface area (Å²) in [7, 11) is 0. The molecule has 16 heavy (non-hydrogen) atoms. The Bertz CT molecular complexity index is 543. The Kier molecular flexibility index (Phi) is 1.95. The number of aromatic hydroxyl groups is 1. The van der Waals surface area contributed by atoms with Gasteiger partial charge in [0.2, 0.25) is 0 Å². The Hall–Kier alpha value is -1.54. The molecular weight excluding hydrogens is 198 g/mol. The standard InChI is InChI=1S/C14H15NO/c15-14(7-2-8-14)11-5-6-12-10(9-11)3-1-4-13(12)16/h1,3-6,9,16H,2,7-8,15H2. The van der Waals surface area contributed by atoms with E-state index < -0.39 is 0 Å². The second kappa shape index (κ2) is 3.22. The summed E-state index contributed by atoms with van der Waals surface area (Å²) in [5, 5.41) is 11.7. The lowest BCUT2D eigenvalue weighted by Crippen LogP contribution is -2.43. The number of nitrogens with two attached hydrogens (primary N) is 1. The Morgan fingerprint density at radius 1 is 1.12 bits per heavy atom. The average molecular weight is 213 g/mol. The number of benzene rings is 2. The molecule has 2 nitrogen and oxygen atoms in total. The van der Waals surface area contributed by atoms with Crippen LogP contribution in [0.25, 0.3) is 10.8 Å². The molecule has 0 saturated heterocycles. The quantitative estimate of drug-likeness (QED) is 0.765. The first-order chi connectivity index (χ1) is 7.69. The first kappa shape index (κ1) is 9.67. The number of fused-ring (bicyclic) bond motifs is 1. The maximum Gasteiger partial charge on any atom is 0.123 e. The van der Waals surface area contributed by atoms with Crippen LogP contribution in [0.15, 0.2) is 36.4 Å². The molecule has 3 N–H and O–H groups in total. The van der Waals surface area contributed by atoms with Crippen LogP contribution in [0.3, 0.4) is 0 Å². The van der Waals surface area contributed by atoms with Crippen molar-refractivity contribution in [2.75, 3.05) is 0 Å². The molecule has 0 radical (unpaired) electrons. The SMILES string of the molecule is NC1(c2ccc3c(O)cccc3c2)CCC1. The second-order valence-electron chi connectivity index (χ2n) is 4.72. The van der Waals surface area contributed by atoms with Gasteiger partial charge in [-0.1, -0.05) is 24.3 Å². The maximum atomic E-state index is 9.70. The van der Waals surface area contributed by atoms with Crippen LogP contribution in [-0.4, -0.2) is 5.11 Å². The molecule has 2 aromatic rings. The van der Waals surface area contributed by atoms with E-state index in [1.54, 1.807) is 6.07 Å². The highest BCUT2D eigenvalue weighted by atomic mass is 16.3. The Morgan fingerprint density at radius 2 is 1.94 bits per heavy atom. The third-order valence-corrected chi connectivity index (χ3v) is 3.68. The molecule has 0 heterocycles. The van der Waals surface area contributed by atoms with Crippen molar-refractivity contribution in [3.05, 3.63) is 42.0 Å². The van der Waals surface area contributed by atoms with E-state index in [-0.39, 0.29) is 5.54 Å². The van der Waals surface area contributed by atoms with Crippen molar-refractivity contribution in [3.63, 3.8) is 0 Å². The van der Waals surface area contributed by atoms with Gasteiger partial charge in [-0.05, 0) is 42.3 Å². The number of hydrogen-bond acceptors (Lipinski definition) is 2. The van der Waals surface area contributed by atoms with Crippen LogP contribution in [0.2, 0.25) is 0 Å². The average Bonchev–Trinajstić information content (AvgIpc) is 2.26. The minimum atomic E-state index is -0.125. The van der Waals surface area contributed by atoms with Crippen LogP contribution < -0.4 is 5.73 Å². The second-order valence-corrected chi connectivity index (χ2v) is 4.72. The largest absolute Gasteiger partial charge is 0.507 e. The Labute approximate surface area is 94.7 Å². The van der Waals surface area contributed by atoms with Gasteiger partial charge in [-0.25, -0.2) is 0 Å². The van der Waals surface area contributed by atoms with Gasteiger partial charge in [-0.3, -0.25) is 0 Å². The van der Waals surface area contributed by atoms with Crippen molar-refractivity contribution in [3.8, 4) is 5.75 Å². The fourth-order valence-electron chi connectivity index (χ4n) is 2.42. The fourth-order valence-corrected chi connectivity index (χ4v) is 2.42. The predicted molar refractivity (Wildman–Crippen MR) is 65.3 cm³/mol. The molecule has 0 unspecified atom stereocenters. The van der Waals surface area contributed by atoms with Crippen molar-refractivity contribution in [2.24, 2.45) is 5.73 Å². The van der Waals surface area contributed by atoms with E-state index in [4.69, 9.17) is 5.73 Å². The minimum Gasteiger partial charge on any atom is -0.507 e. The molecule has 0 atom stereocenters. The minimum absolute atomic E-state index is 0.125. The zero-order chi connectivity index (χ0) is 11.2. The van der Waals surface area contributed by atoms with Gasteiger partial charge < -0.3 is 10.8 Å². The van der Waals surface area contributed by atoms with Gasteiger partial charge in [0.15, 0.2) is 0 Å². The third kappa shape index (κ3) is 1.30. The molecular formula is C14H15NO. The number of phenols is 1. The molecule has 2 heteroatoms. The van der Waals surface area contributed by atoms with Gasteiger partial charge in [0.05, 0.1) is 0 Å². The molecule has 1 saturated carbocycles. The molecule has 0 bridgehead atoms. The van der Waals surface area contributed by atoms with E-state index in [1.165, 1.54) is 12.0 Å². The van der Waals surface area contributed by atoms with E-state index in [0.717, 1.165) is 23.6 Å². The molecule has 0 spiro atoms. The van der Waals surface area contributed by atoms with E-state index in [9.17, 15) is 5.11 Å².